The van der Waals surface area contributed by atoms with Gasteiger partial charge in [-0.25, -0.2) is 4.98 Å². The fourth-order valence-corrected chi connectivity index (χ4v) is 4.86. The van der Waals surface area contributed by atoms with Gasteiger partial charge in [0.15, 0.2) is 0 Å². The lowest BCUT2D eigenvalue weighted by Gasteiger charge is -2.42. The van der Waals surface area contributed by atoms with Crippen LogP contribution in [0.2, 0.25) is 0 Å². The third-order valence-corrected chi connectivity index (χ3v) is 6.68. The smallest absolute Gasteiger partial charge is 0.257 e. The molecule has 1 aliphatic heterocycles. The predicted molar refractivity (Wildman–Crippen MR) is 140 cm³/mol. The molecule has 6 nitrogen and oxygen atoms in total. The number of nitrogens with zero attached hydrogens (tertiary/aromatic N) is 4. The van der Waals surface area contributed by atoms with Gasteiger partial charge in [-0.05, 0) is 29.2 Å². The Balaban J connectivity index is 1.54. The number of rotatable bonds is 5. The summed E-state index contributed by atoms with van der Waals surface area (Å²) in [5, 5.41) is 10.1. The molecule has 180 valence electrons. The Morgan fingerprint density at radius 1 is 1.06 bits per heavy atom. The van der Waals surface area contributed by atoms with Crippen LogP contribution in [0.5, 0.6) is 0 Å². The van der Waals surface area contributed by atoms with E-state index in [9.17, 15) is 10.1 Å². The minimum atomic E-state index is -0.188. The first-order valence-electron chi connectivity index (χ1n) is 12.2. The zero-order valence-corrected chi connectivity index (χ0v) is 20.5. The Labute approximate surface area is 211 Å². The molecule has 2 aromatic heterocycles. The van der Waals surface area contributed by atoms with Crippen LogP contribution in [0, 0.1) is 11.3 Å². The Morgan fingerprint density at radius 3 is 2.42 bits per heavy atom. The molecule has 6 heteroatoms. The lowest BCUT2D eigenvalue weighted by atomic mass is 9.95. The van der Waals surface area contributed by atoms with E-state index >= 15 is 0 Å². The molecule has 1 saturated heterocycles. The highest BCUT2D eigenvalue weighted by molar-refractivity contribution is 5.94. The molecule has 0 aliphatic carbocycles. The molecule has 0 saturated carbocycles. The minimum absolute atomic E-state index is 0.0620. The highest BCUT2D eigenvalue weighted by Gasteiger charge is 2.34. The molecule has 36 heavy (non-hydrogen) atoms. The van der Waals surface area contributed by atoms with Gasteiger partial charge in [0, 0.05) is 25.2 Å². The van der Waals surface area contributed by atoms with Gasteiger partial charge in [0.1, 0.15) is 18.2 Å². The number of carbonyl (C=O) groups excluding carboxylic acids is 1. The van der Waals surface area contributed by atoms with Crippen molar-refractivity contribution in [2.45, 2.75) is 25.8 Å². The number of furan rings is 1. The average Bonchev–Trinajstić information content (AvgIpc) is 3.48. The van der Waals surface area contributed by atoms with Crippen molar-refractivity contribution in [3.05, 3.63) is 108 Å². The van der Waals surface area contributed by atoms with Crippen LogP contribution in [0.4, 0.5) is 5.82 Å². The van der Waals surface area contributed by atoms with Crippen LogP contribution in [-0.4, -0.2) is 35.4 Å². The van der Waals surface area contributed by atoms with E-state index in [-0.39, 0.29) is 17.9 Å². The van der Waals surface area contributed by atoms with E-state index in [0.717, 1.165) is 22.4 Å². The topological polar surface area (TPSA) is 73.4 Å². The monoisotopic (exact) mass is 476 g/mol. The van der Waals surface area contributed by atoms with Crippen molar-refractivity contribution in [3.8, 4) is 17.2 Å². The van der Waals surface area contributed by atoms with Gasteiger partial charge in [-0.2, -0.15) is 5.26 Å². The SMILES string of the molecule is CC(C)c1nc(N2CCN(C(=O)c3ccoc3)C(c3ccccc3)C2)c(C#N)cc1-c1ccccc1. The molecule has 1 amide bonds. The average molecular weight is 477 g/mol. The van der Waals surface area contributed by atoms with E-state index in [0.29, 0.717) is 36.6 Å². The summed E-state index contributed by atoms with van der Waals surface area (Å²) in [6, 6.07) is 26.0. The van der Waals surface area contributed by atoms with Crippen molar-refractivity contribution < 1.29 is 9.21 Å². The highest BCUT2D eigenvalue weighted by atomic mass is 16.3. The van der Waals surface area contributed by atoms with Gasteiger partial charge >= 0.3 is 0 Å². The summed E-state index contributed by atoms with van der Waals surface area (Å²) in [5.74, 6) is 0.797. The summed E-state index contributed by atoms with van der Waals surface area (Å²) in [7, 11) is 0. The maximum atomic E-state index is 13.3. The molecule has 0 spiro atoms. The van der Waals surface area contributed by atoms with Crippen LogP contribution >= 0.6 is 0 Å². The maximum Gasteiger partial charge on any atom is 0.257 e. The predicted octanol–water partition coefficient (Wildman–Crippen LogP) is 6.04. The molecule has 0 bridgehead atoms. The van der Waals surface area contributed by atoms with Crippen LogP contribution < -0.4 is 4.90 Å². The van der Waals surface area contributed by atoms with Crippen LogP contribution in [0.1, 0.15) is 53.0 Å². The van der Waals surface area contributed by atoms with Gasteiger partial charge in [0.25, 0.3) is 5.91 Å². The molecule has 0 N–H and O–H groups in total. The number of amides is 1. The number of benzene rings is 2. The van der Waals surface area contributed by atoms with Crippen LogP contribution in [-0.2, 0) is 0 Å². The third kappa shape index (κ3) is 4.48. The Morgan fingerprint density at radius 2 is 1.78 bits per heavy atom. The van der Waals surface area contributed by atoms with Gasteiger partial charge in [-0.3, -0.25) is 4.79 Å². The van der Waals surface area contributed by atoms with Crippen molar-refractivity contribution in [3.63, 3.8) is 0 Å². The molecule has 1 fully saturated rings. The van der Waals surface area contributed by atoms with Gasteiger partial charge in [-0.15, -0.1) is 0 Å². The number of hydrogen-bond acceptors (Lipinski definition) is 5. The largest absolute Gasteiger partial charge is 0.472 e. The summed E-state index contributed by atoms with van der Waals surface area (Å²) >= 11 is 0. The van der Waals surface area contributed by atoms with E-state index in [1.54, 1.807) is 6.07 Å². The van der Waals surface area contributed by atoms with Crippen molar-refractivity contribution in [2.75, 3.05) is 24.5 Å². The van der Waals surface area contributed by atoms with E-state index in [1.807, 2.05) is 59.5 Å². The van der Waals surface area contributed by atoms with E-state index in [1.165, 1.54) is 12.5 Å². The number of carbonyl (C=O) groups is 1. The second kappa shape index (κ2) is 10.1. The molecule has 4 aromatic rings. The fourth-order valence-electron chi connectivity index (χ4n) is 4.86. The van der Waals surface area contributed by atoms with Gasteiger partial charge in [0.2, 0.25) is 0 Å². The maximum absolute atomic E-state index is 13.3. The number of piperazine rings is 1. The van der Waals surface area contributed by atoms with Gasteiger partial charge < -0.3 is 14.2 Å². The third-order valence-electron chi connectivity index (χ3n) is 6.68. The molecular formula is C30H28N4O2. The van der Waals surface area contributed by atoms with Gasteiger partial charge in [-0.1, -0.05) is 74.5 Å². The molecule has 2 aromatic carbocycles. The van der Waals surface area contributed by atoms with E-state index in [2.05, 4.69) is 36.9 Å². The number of aromatic nitrogens is 1. The number of hydrogen-bond donors (Lipinski definition) is 0. The molecule has 1 atom stereocenters. The second-order valence-electron chi connectivity index (χ2n) is 9.31. The number of pyridine rings is 1. The van der Waals surface area contributed by atoms with Crippen molar-refractivity contribution in [1.82, 2.24) is 9.88 Å². The van der Waals surface area contributed by atoms with Crippen LogP contribution in [0.15, 0.2) is 89.7 Å². The zero-order valence-electron chi connectivity index (χ0n) is 20.5. The normalized spacial score (nSPS) is 15.7. The first-order valence-corrected chi connectivity index (χ1v) is 12.2. The Kier molecular flexibility index (Phi) is 6.55. The fraction of sp³-hybridized carbons (Fsp3) is 0.233. The molecular weight excluding hydrogens is 448 g/mol. The van der Waals surface area contributed by atoms with Crippen molar-refractivity contribution in [2.24, 2.45) is 0 Å². The van der Waals surface area contributed by atoms with Crippen LogP contribution in [0.3, 0.4) is 0 Å². The summed E-state index contributed by atoms with van der Waals surface area (Å²) in [5.41, 5.74) is 5.12. The highest BCUT2D eigenvalue weighted by Crippen LogP contribution is 2.35. The first kappa shape index (κ1) is 23.4. The first-order chi connectivity index (χ1) is 17.6. The Bertz CT molecular complexity index is 1380. The molecule has 1 aliphatic rings. The standard InChI is InChI=1S/C30H28N4O2/c1-21(2)28-26(22-9-5-3-6-10-22)17-25(18-31)29(32-28)33-14-15-34(30(35)24-13-16-36-20-24)27(19-33)23-11-7-4-8-12-23/h3-13,16-17,20-21,27H,14-15,19H2,1-2H3. The molecule has 5 rings (SSSR count). The quantitative estimate of drug-likeness (QED) is 0.351. The summed E-state index contributed by atoms with van der Waals surface area (Å²) in [6.45, 7) is 5.87. The summed E-state index contributed by atoms with van der Waals surface area (Å²) in [4.78, 5) is 22.5. The second-order valence-corrected chi connectivity index (χ2v) is 9.31. The summed E-state index contributed by atoms with van der Waals surface area (Å²) < 4.78 is 5.17. The van der Waals surface area contributed by atoms with Gasteiger partial charge in [0.05, 0.1) is 29.1 Å². The molecule has 1 unspecified atom stereocenters. The Hall–Kier alpha value is -4.37. The van der Waals surface area contributed by atoms with E-state index < -0.39 is 0 Å². The minimum Gasteiger partial charge on any atom is -0.472 e. The van der Waals surface area contributed by atoms with Crippen molar-refractivity contribution >= 4 is 11.7 Å². The molecule has 3 heterocycles. The lowest BCUT2D eigenvalue weighted by molar-refractivity contribution is 0.0653. The van der Waals surface area contributed by atoms with Crippen molar-refractivity contribution in [1.29, 1.82) is 5.26 Å². The van der Waals surface area contributed by atoms with Crippen LogP contribution in [0.25, 0.3) is 11.1 Å². The van der Waals surface area contributed by atoms with E-state index in [4.69, 9.17) is 9.40 Å². The number of nitriles is 1. The molecule has 0 radical (unpaired) electrons. The zero-order chi connectivity index (χ0) is 25.1. The lowest BCUT2D eigenvalue weighted by Crippen LogP contribution is -2.51. The summed E-state index contributed by atoms with van der Waals surface area (Å²) in [6.07, 6.45) is 3.01. The number of anilines is 1.